The third-order valence-electron chi connectivity index (χ3n) is 2.39. The number of hydrazine groups is 1. The van der Waals surface area contributed by atoms with Crippen LogP contribution in [0.15, 0.2) is 18.2 Å². The second-order valence-electron chi connectivity index (χ2n) is 3.66. The Balaban J connectivity index is 3.08. The van der Waals surface area contributed by atoms with Crippen LogP contribution in [-0.4, -0.2) is 37.8 Å². The zero-order valence-electron chi connectivity index (χ0n) is 11.0. The molecule has 20 heavy (non-hydrogen) atoms. The van der Waals surface area contributed by atoms with Gasteiger partial charge in [-0.05, 0) is 6.07 Å². The van der Waals surface area contributed by atoms with Crippen LogP contribution >= 0.6 is 0 Å². The summed E-state index contributed by atoms with van der Waals surface area (Å²) in [5.74, 6) is 4.60. The largest absolute Gasteiger partial charge is 0.497 e. The highest BCUT2D eigenvalue weighted by Crippen LogP contribution is 2.31. The van der Waals surface area contributed by atoms with Crippen molar-refractivity contribution in [2.45, 2.75) is 6.10 Å². The predicted octanol–water partition coefficient (Wildman–Crippen LogP) is -0.0129. The molecule has 1 aromatic carbocycles. The minimum Gasteiger partial charge on any atom is -0.497 e. The lowest BCUT2D eigenvalue weighted by Crippen LogP contribution is -2.44. The quantitative estimate of drug-likeness (QED) is 0.312. The molecule has 9 heteroatoms. The molecule has 1 unspecified atom stereocenters. The summed E-state index contributed by atoms with van der Waals surface area (Å²) in [7, 11) is 2.77. The van der Waals surface area contributed by atoms with Gasteiger partial charge in [0.2, 0.25) is 11.9 Å². The normalized spacial score (nSPS) is 11.6. The van der Waals surface area contributed by atoms with Crippen molar-refractivity contribution >= 4 is 11.6 Å². The Morgan fingerprint density at radius 2 is 2.20 bits per heavy atom. The molecule has 0 saturated heterocycles. The number of nitrogens with two attached hydrogens (primary N) is 1. The second-order valence-corrected chi connectivity index (χ2v) is 3.66. The highest BCUT2D eigenvalue weighted by Gasteiger charge is 2.24. The Labute approximate surface area is 114 Å². The number of hydrogen-bond donors (Lipinski definition) is 2. The zero-order chi connectivity index (χ0) is 15.1. The maximum Gasteiger partial charge on any atom is 0.311 e. The van der Waals surface area contributed by atoms with Crippen molar-refractivity contribution in [1.29, 1.82) is 0 Å². The number of benzene rings is 1. The molecule has 3 N–H and O–H groups in total. The molecular formula is C11H15N3O6. The van der Waals surface area contributed by atoms with Crippen LogP contribution in [0.25, 0.3) is 0 Å². The van der Waals surface area contributed by atoms with Crippen LogP contribution in [0, 0.1) is 10.1 Å². The first-order valence-corrected chi connectivity index (χ1v) is 5.52. The number of hydrogen-bond acceptors (Lipinski definition) is 7. The Morgan fingerprint density at radius 1 is 1.50 bits per heavy atom. The number of amides is 1. The fourth-order valence-corrected chi connectivity index (χ4v) is 1.43. The molecule has 0 saturated carbocycles. The van der Waals surface area contributed by atoms with Crippen molar-refractivity contribution in [1.82, 2.24) is 5.43 Å². The molecule has 1 rings (SSSR count). The van der Waals surface area contributed by atoms with Gasteiger partial charge in [-0.1, -0.05) is 0 Å². The minimum absolute atomic E-state index is 0.111. The summed E-state index contributed by atoms with van der Waals surface area (Å²) >= 11 is 0. The van der Waals surface area contributed by atoms with Gasteiger partial charge in [0.1, 0.15) is 5.75 Å². The van der Waals surface area contributed by atoms with Crippen molar-refractivity contribution in [3.05, 3.63) is 28.3 Å². The van der Waals surface area contributed by atoms with Crippen LogP contribution < -0.4 is 20.7 Å². The second kappa shape index (κ2) is 7.26. The molecule has 0 radical (unpaired) electrons. The number of ether oxygens (including phenoxy) is 3. The van der Waals surface area contributed by atoms with Crippen LogP contribution in [0.3, 0.4) is 0 Å². The number of nitro groups is 1. The molecule has 9 nitrogen and oxygen atoms in total. The van der Waals surface area contributed by atoms with Crippen molar-refractivity contribution in [2.75, 3.05) is 20.8 Å². The van der Waals surface area contributed by atoms with E-state index in [4.69, 9.17) is 20.1 Å². The molecule has 0 spiro atoms. The number of carbonyl (C=O) groups excluding carboxylic acids is 1. The Kier molecular flexibility index (Phi) is 5.69. The van der Waals surface area contributed by atoms with E-state index in [0.717, 1.165) is 0 Å². The van der Waals surface area contributed by atoms with E-state index in [-0.39, 0.29) is 18.0 Å². The SMILES string of the molecule is COCC(Oc1cc(OC)ccc1[N+](=O)[O-])C(=O)NN. The molecule has 1 atom stereocenters. The molecule has 0 fully saturated rings. The molecule has 0 heterocycles. The molecular weight excluding hydrogens is 270 g/mol. The molecule has 0 aliphatic rings. The lowest BCUT2D eigenvalue weighted by molar-refractivity contribution is -0.386. The van der Waals surface area contributed by atoms with E-state index in [9.17, 15) is 14.9 Å². The first-order valence-electron chi connectivity index (χ1n) is 5.52. The minimum atomic E-state index is -1.11. The van der Waals surface area contributed by atoms with Crippen molar-refractivity contribution in [3.8, 4) is 11.5 Å². The summed E-state index contributed by atoms with van der Waals surface area (Å²) in [4.78, 5) is 21.8. The Morgan fingerprint density at radius 3 is 2.70 bits per heavy atom. The lowest BCUT2D eigenvalue weighted by atomic mass is 10.2. The molecule has 110 valence electrons. The summed E-state index contributed by atoms with van der Waals surface area (Å²) < 4.78 is 15.1. The zero-order valence-corrected chi connectivity index (χ0v) is 11.0. The molecule has 0 aliphatic heterocycles. The Hall–Kier alpha value is -2.39. The number of methoxy groups -OCH3 is 2. The average Bonchev–Trinajstić information content (AvgIpc) is 2.45. The third kappa shape index (κ3) is 3.80. The fourth-order valence-electron chi connectivity index (χ4n) is 1.43. The van der Waals surface area contributed by atoms with Crippen LogP contribution in [0.1, 0.15) is 0 Å². The van der Waals surface area contributed by atoms with Gasteiger partial charge in [-0.15, -0.1) is 0 Å². The van der Waals surface area contributed by atoms with E-state index in [1.807, 2.05) is 5.43 Å². The number of nitrogens with zero attached hydrogens (tertiary/aromatic N) is 1. The molecule has 0 aliphatic carbocycles. The first kappa shape index (κ1) is 15.7. The molecule has 0 bridgehead atoms. The van der Waals surface area contributed by atoms with Crippen molar-refractivity contribution < 1.29 is 23.9 Å². The van der Waals surface area contributed by atoms with Gasteiger partial charge in [0, 0.05) is 19.2 Å². The summed E-state index contributed by atoms with van der Waals surface area (Å²) in [6.07, 6.45) is -1.11. The number of rotatable bonds is 7. The van der Waals surface area contributed by atoms with Gasteiger partial charge in [-0.3, -0.25) is 20.3 Å². The van der Waals surface area contributed by atoms with Gasteiger partial charge in [-0.25, -0.2) is 5.84 Å². The first-order chi connectivity index (χ1) is 9.53. The van der Waals surface area contributed by atoms with Gasteiger partial charge in [0.25, 0.3) is 5.91 Å². The Bertz CT molecular complexity index is 493. The van der Waals surface area contributed by atoms with Crippen LogP contribution in [-0.2, 0) is 9.53 Å². The van der Waals surface area contributed by atoms with Gasteiger partial charge in [0.15, 0.2) is 0 Å². The summed E-state index contributed by atoms with van der Waals surface area (Å²) in [6.45, 7) is -0.114. The van der Waals surface area contributed by atoms with E-state index < -0.39 is 16.9 Å². The summed E-state index contributed by atoms with van der Waals surface area (Å²) in [5, 5.41) is 10.9. The smallest absolute Gasteiger partial charge is 0.311 e. The maximum atomic E-state index is 11.5. The monoisotopic (exact) mass is 285 g/mol. The van der Waals surface area contributed by atoms with Crippen LogP contribution in [0.4, 0.5) is 5.69 Å². The molecule has 0 aromatic heterocycles. The van der Waals surface area contributed by atoms with E-state index in [1.54, 1.807) is 0 Å². The molecule has 1 aromatic rings. The highest BCUT2D eigenvalue weighted by molar-refractivity contribution is 5.80. The van der Waals surface area contributed by atoms with E-state index in [2.05, 4.69) is 0 Å². The van der Waals surface area contributed by atoms with Crippen LogP contribution in [0.2, 0.25) is 0 Å². The van der Waals surface area contributed by atoms with E-state index in [0.29, 0.717) is 5.75 Å². The highest BCUT2D eigenvalue weighted by atomic mass is 16.6. The van der Waals surface area contributed by atoms with Crippen LogP contribution in [0.5, 0.6) is 11.5 Å². The number of nitro benzene ring substituents is 1. The third-order valence-corrected chi connectivity index (χ3v) is 2.39. The van der Waals surface area contributed by atoms with E-state index in [1.165, 1.54) is 32.4 Å². The number of nitrogens with one attached hydrogen (secondary N) is 1. The number of carbonyl (C=O) groups is 1. The lowest BCUT2D eigenvalue weighted by Gasteiger charge is -2.17. The summed E-state index contributed by atoms with van der Waals surface area (Å²) in [6, 6.07) is 3.95. The maximum absolute atomic E-state index is 11.5. The van der Waals surface area contributed by atoms with E-state index >= 15 is 0 Å². The van der Waals surface area contributed by atoms with Crippen molar-refractivity contribution in [3.63, 3.8) is 0 Å². The van der Waals surface area contributed by atoms with Gasteiger partial charge in [0.05, 0.1) is 18.6 Å². The topological polar surface area (TPSA) is 126 Å². The predicted molar refractivity (Wildman–Crippen MR) is 68.3 cm³/mol. The molecule has 1 amide bonds. The van der Waals surface area contributed by atoms with Gasteiger partial charge in [-0.2, -0.15) is 0 Å². The average molecular weight is 285 g/mol. The van der Waals surface area contributed by atoms with Crippen molar-refractivity contribution in [2.24, 2.45) is 5.84 Å². The summed E-state index contributed by atoms with van der Waals surface area (Å²) in [5.41, 5.74) is 1.61. The standard InChI is InChI=1S/C11H15N3O6/c1-18-6-10(11(15)13-12)20-9-5-7(19-2)3-4-8(9)14(16)17/h3-5,10H,6,12H2,1-2H3,(H,13,15). The fraction of sp³-hybridized carbons (Fsp3) is 0.364. The van der Waals surface area contributed by atoms with Gasteiger partial charge < -0.3 is 14.2 Å². The van der Waals surface area contributed by atoms with Gasteiger partial charge >= 0.3 is 5.69 Å².